The van der Waals surface area contributed by atoms with Gasteiger partial charge < -0.3 is 20.1 Å². The highest BCUT2D eigenvalue weighted by molar-refractivity contribution is 7.17. The molecule has 0 spiro atoms. The quantitative estimate of drug-likeness (QED) is 0.769. The van der Waals surface area contributed by atoms with Gasteiger partial charge in [0, 0.05) is 18.8 Å². The molecule has 0 unspecified atom stereocenters. The molecule has 6 nitrogen and oxygen atoms in total. The average Bonchev–Trinajstić information content (AvgIpc) is 2.95. The van der Waals surface area contributed by atoms with Crippen LogP contribution >= 0.6 is 11.3 Å². The Bertz CT molecular complexity index is 646. The van der Waals surface area contributed by atoms with Crippen molar-refractivity contribution in [2.75, 3.05) is 19.8 Å². The van der Waals surface area contributed by atoms with E-state index in [2.05, 4.69) is 15.3 Å². The zero-order valence-corrected chi connectivity index (χ0v) is 11.8. The van der Waals surface area contributed by atoms with E-state index in [1.807, 2.05) is 11.4 Å². The van der Waals surface area contributed by atoms with Crippen LogP contribution in [-0.2, 0) is 11.3 Å². The molecule has 0 aliphatic carbocycles. The van der Waals surface area contributed by atoms with Gasteiger partial charge in [0.2, 0.25) is 0 Å². The molecule has 0 aromatic carbocycles. The monoisotopic (exact) mass is 295 g/mol. The summed E-state index contributed by atoms with van der Waals surface area (Å²) in [6, 6.07) is 1.84. The normalized spacial score (nSPS) is 18.4. The van der Waals surface area contributed by atoms with Crippen LogP contribution in [0.5, 0.6) is 0 Å². The van der Waals surface area contributed by atoms with Crippen LogP contribution < -0.4 is 10.9 Å². The molecular weight excluding hydrogens is 278 g/mol. The molecule has 0 saturated carbocycles. The van der Waals surface area contributed by atoms with Crippen LogP contribution in [0.4, 0.5) is 0 Å². The van der Waals surface area contributed by atoms with Gasteiger partial charge >= 0.3 is 0 Å². The number of aromatic amines is 1. The number of ether oxygens (including phenoxy) is 1. The molecule has 0 radical (unpaired) electrons. The third kappa shape index (κ3) is 2.62. The Kier molecular flexibility index (Phi) is 3.84. The first-order valence-electron chi connectivity index (χ1n) is 6.62. The third-order valence-corrected chi connectivity index (χ3v) is 4.65. The lowest BCUT2D eigenvalue weighted by molar-refractivity contribution is 0.0109. The van der Waals surface area contributed by atoms with Crippen molar-refractivity contribution >= 4 is 21.6 Å². The molecule has 3 N–H and O–H groups in total. The maximum atomic E-state index is 11.9. The van der Waals surface area contributed by atoms with Gasteiger partial charge in [0.05, 0.1) is 18.7 Å². The second kappa shape index (κ2) is 5.61. The third-order valence-electron chi connectivity index (χ3n) is 3.75. The number of nitrogens with one attached hydrogen (secondary N) is 2. The summed E-state index contributed by atoms with van der Waals surface area (Å²) in [5.41, 5.74) is 0.285. The van der Waals surface area contributed by atoms with Crippen LogP contribution in [0, 0.1) is 0 Å². The number of H-pyrrole nitrogens is 1. The van der Waals surface area contributed by atoms with Gasteiger partial charge in [-0.3, -0.25) is 4.79 Å². The maximum Gasteiger partial charge on any atom is 0.268 e. The fraction of sp³-hybridized carbons (Fsp3) is 0.538. The van der Waals surface area contributed by atoms with E-state index in [1.54, 1.807) is 0 Å². The predicted octanol–water partition coefficient (Wildman–Crippen LogP) is 0.616. The highest BCUT2D eigenvalue weighted by atomic mass is 32.1. The van der Waals surface area contributed by atoms with E-state index >= 15 is 0 Å². The van der Waals surface area contributed by atoms with E-state index in [9.17, 15) is 9.90 Å². The Morgan fingerprint density at radius 3 is 3.05 bits per heavy atom. The van der Waals surface area contributed by atoms with Crippen molar-refractivity contribution in [3.63, 3.8) is 0 Å². The molecule has 1 aliphatic heterocycles. The van der Waals surface area contributed by atoms with Crippen LogP contribution in [0.25, 0.3) is 10.2 Å². The number of nitrogens with zero attached hydrogens (tertiary/aromatic N) is 1. The van der Waals surface area contributed by atoms with Crippen molar-refractivity contribution in [1.29, 1.82) is 0 Å². The molecule has 3 heterocycles. The van der Waals surface area contributed by atoms with E-state index < -0.39 is 0 Å². The van der Waals surface area contributed by atoms with E-state index in [0.717, 1.165) is 18.4 Å². The minimum atomic E-state index is -0.333. The van der Waals surface area contributed by atoms with Crippen LogP contribution in [0.1, 0.15) is 18.7 Å². The number of aliphatic hydroxyl groups is 1. The summed E-state index contributed by atoms with van der Waals surface area (Å²) in [5, 5.41) is 14.8. The summed E-state index contributed by atoms with van der Waals surface area (Å²) in [6.45, 7) is 1.77. The molecule has 2 aromatic rings. The summed E-state index contributed by atoms with van der Waals surface area (Å²) in [6.07, 6.45) is 1.52. The van der Waals surface area contributed by atoms with E-state index in [1.165, 1.54) is 11.3 Å². The van der Waals surface area contributed by atoms with Gasteiger partial charge in [0.25, 0.3) is 5.56 Å². The molecule has 0 atom stereocenters. The van der Waals surface area contributed by atoms with Crippen molar-refractivity contribution in [2.24, 2.45) is 0 Å². The molecule has 7 heteroatoms. The highest BCUT2D eigenvalue weighted by Gasteiger charge is 2.31. The summed E-state index contributed by atoms with van der Waals surface area (Å²) in [7, 11) is 0. The van der Waals surface area contributed by atoms with Crippen molar-refractivity contribution in [1.82, 2.24) is 15.3 Å². The first-order valence-corrected chi connectivity index (χ1v) is 7.50. The zero-order valence-electron chi connectivity index (χ0n) is 11.0. The van der Waals surface area contributed by atoms with Gasteiger partial charge in [0.1, 0.15) is 10.5 Å². The number of fused-ring (bicyclic) bond motifs is 1. The highest BCUT2D eigenvalue weighted by Crippen LogP contribution is 2.20. The fourth-order valence-corrected chi connectivity index (χ4v) is 3.16. The van der Waals surface area contributed by atoms with Crippen molar-refractivity contribution in [3.8, 4) is 0 Å². The predicted molar refractivity (Wildman–Crippen MR) is 77.0 cm³/mol. The zero-order chi connectivity index (χ0) is 14.0. The molecule has 1 saturated heterocycles. The van der Waals surface area contributed by atoms with Crippen molar-refractivity contribution in [3.05, 3.63) is 27.6 Å². The van der Waals surface area contributed by atoms with Crippen LogP contribution in [0.15, 0.2) is 16.2 Å². The van der Waals surface area contributed by atoms with Gasteiger partial charge in [-0.1, -0.05) is 0 Å². The molecule has 20 heavy (non-hydrogen) atoms. The Balaban J connectivity index is 1.77. The Morgan fingerprint density at radius 1 is 1.50 bits per heavy atom. The number of rotatable bonds is 4. The summed E-state index contributed by atoms with van der Waals surface area (Å²) in [4.78, 5) is 19.1. The van der Waals surface area contributed by atoms with Gasteiger partial charge in [-0.25, -0.2) is 4.98 Å². The molecule has 0 bridgehead atoms. The standard InChI is InChI=1S/C13H17N3O3S/c17-8-13(2-4-19-5-3-13)14-7-10-15-9-1-6-20-11(9)12(18)16-10/h1,6,14,17H,2-5,7-8H2,(H,15,16,18). The molecule has 1 fully saturated rings. The lowest BCUT2D eigenvalue weighted by Gasteiger charge is -2.36. The second-order valence-electron chi connectivity index (χ2n) is 5.05. The summed E-state index contributed by atoms with van der Waals surface area (Å²) in [5.74, 6) is 0.597. The molecular formula is C13H17N3O3S. The lowest BCUT2D eigenvalue weighted by Crippen LogP contribution is -2.52. The van der Waals surface area contributed by atoms with Crippen molar-refractivity contribution < 1.29 is 9.84 Å². The molecule has 3 rings (SSSR count). The Hall–Kier alpha value is -1.28. The average molecular weight is 295 g/mol. The smallest absolute Gasteiger partial charge is 0.268 e. The topological polar surface area (TPSA) is 87.2 Å². The van der Waals surface area contributed by atoms with E-state index in [0.29, 0.717) is 30.3 Å². The number of hydrogen-bond acceptors (Lipinski definition) is 6. The molecule has 1 aliphatic rings. The minimum absolute atomic E-state index is 0.0568. The first-order chi connectivity index (χ1) is 9.72. The Morgan fingerprint density at radius 2 is 2.30 bits per heavy atom. The van der Waals surface area contributed by atoms with E-state index in [-0.39, 0.29) is 17.7 Å². The summed E-state index contributed by atoms with van der Waals surface area (Å²) >= 11 is 1.39. The van der Waals surface area contributed by atoms with Crippen LogP contribution in [0.3, 0.4) is 0 Å². The molecule has 0 amide bonds. The lowest BCUT2D eigenvalue weighted by atomic mass is 9.91. The number of hydrogen-bond donors (Lipinski definition) is 3. The number of aromatic nitrogens is 2. The Labute approximate surface area is 119 Å². The van der Waals surface area contributed by atoms with Gasteiger partial charge in [-0.05, 0) is 24.3 Å². The molecule has 108 valence electrons. The summed E-state index contributed by atoms with van der Waals surface area (Å²) < 4.78 is 5.97. The number of thiophene rings is 1. The van der Waals surface area contributed by atoms with E-state index in [4.69, 9.17) is 4.74 Å². The second-order valence-corrected chi connectivity index (χ2v) is 5.97. The van der Waals surface area contributed by atoms with Gasteiger partial charge in [-0.15, -0.1) is 11.3 Å². The number of aliphatic hydroxyl groups excluding tert-OH is 1. The van der Waals surface area contributed by atoms with Crippen molar-refractivity contribution in [2.45, 2.75) is 24.9 Å². The molecule has 2 aromatic heterocycles. The van der Waals surface area contributed by atoms with Crippen LogP contribution in [0.2, 0.25) is 0 Å². The largest absolute Gasteiger partial charge is 0.394 e. The van der Waals surface area contributed by atoms with Gasteiger partial charge in [-0.2, -0.15) is 0 Å². The maximum absolute atomic E-state index is 11.9. The van der Waals surface area contributed by atoms with Crippen LogP contribution in [-0.4, -0.2) is 40.4 Å². The minimum Gasteiger partial charge on any atom is -0.394 e. The first kappa shape index (κ1) is 13.7. The fourth-order valence-electron chi connectivity index (χ4n) is 2.43. The van der Waals surface area contributed by atoms with Gasteiger partial charge in [0.15, 0.2) is 0 Å². The SMILES string of the molecule is O=c1[nH]c(CNC2(CO)CCOCC2)nc2ccsc12.